The van der Waals surface area contributed by atoms with Gasteiger partial charge in [0, 0.05) is 71.7 Å². The molecule has 0 bridgehead atoms. The summed E-state index contributed by atoms with van der Waals surface area (Å²) in [5, 5.41) is 8.51. The van der Waals surface area contributed by atoms with Gasteiger partial charge in [-0.3, -0.25) is 0 Å². The van der Waals surface area contributed by atoms with Crippen LogP contribution in [0.3, 0.4) is 0 Å². The fourth-order valence-corrected chi connectivity index (χ4v) is 11.7. The van der Waals surface area contributed by atoms with Gasteiger partial charge in [-0.05, 0) is 79.6 Å². The third-order valence-electron chi connectivity index (χ3n) is 5.36. The van der Waals surface area contributed by atoms with Crippen LogP contribution in [0, 0.1) is 0 Å². The molecule has 14 heteroatoms. The molecule has 10 nitrogen and oxygen atoms in total. The van der Waals surface area contributed by atoms with Crippen molar-refractivity contribution in [3.63, 3.8) is 0 Å². The minimum Gasteiger partial charge on any atom is -0.393 e. The molecule has 0 fully saturated rings. The summed E-state index contributed by atoms with van der Waals surface area (Å²) >= 11 is 0. The average molecular weight is 612 g/mol. The monoisotopic (exact) mass is 611 g/mol. The number of hydrogen-bond donors (Lipinski definition) is 2. The molecule has 0 aliphatic heterocycles. The summed E-state index contributed by atoms with van der Waals surface area (Å²) in [7, 11) is -2.77. The van der Waals surface area contributed by atoms with Crippen LogP contribution in [0.2, 0.25) is 12.1 Å². The standard InChI is InChI=1S/C24H55N2O8Si4/c1-10-29-37(30-11-2,31-12-3)20-16-18-25-24(35-22-23(7)36(27-8)28-9)26-19-17-21-38(32-13-4,33-14-5)34-15-6/h22,24-26H,10-21H2,1-9H3. The van der Waals surface area contributed by atoms with Crippen molar-refractivity contribution in [1.29, 1.82) is 0 Å². The van der Waals surface area contributed by atoms with Crippen molar-refractivity contribution in [3.8, 4) is 0 Å². The van der Waals surface area contributed by atoms with Crippen LogP contribution in [0.25, 0.3) is 0 Å². The Bertz CT molecular complexity index is 524. The van der Waals surface area contributed by atoms with Crippen molar-refractivity contribution in [3.05, 3.63) is 10.9 Å². The Morgan fingerprint density at radius 3 is 1.32 bits per heavy atom. The Balaban J connectivity index is 5.17. The molecule has 0 aliphatic carbocycles. The van der Waals surface area contributed by atoms with Gasteiger partial charge in [0.15, 0.2) is 0 Å². The van der Waals surface area contributed by atoms with Gasteiger partial charge in [-0.1, -0.05) is 5.70 Å². The molecular weight excluding hydrogens is 557 g/mol. The molecule has 0 aliphatic rings. The molecule has 2 N–H and O–H groups in total. The first-order chi connectivity index (χ1) is 18.3. The second kappa shape index (κ2) is 23.9. The van der Waals surface area contributed by atoms with Crippen molar-refractivity contribution < 1.29 is 35.4 Å². The molecule has 225 valence electrons. The van der Waals surface area contributed by atoms with Crippen molar-refractivity contribution in [2.75, 3.05) is 67.0 Å². The molecule has 0 rings (SSSR count). The molecule has 0 saturated heterocycles. The lowest BCUT2D eigenvalue weighted by Gasteiger charge is -2.29. The second-order valence-electron chi connectivity index (χ2n) is 8.20. The second-order valence-corrected chi connectivity index (χ2v) is 17.0. The quantitative estimate of drug-likeness (QED) is 0.0818. The molecule has 0 amide bonds. The molecule has 38 heavy (non-hydrogen) atoms. The number of nitrogens with one attached hydrogen (secondary N) is 2. The van der Waals surface area contributed by atoms with Crippen molar-refractivity contribution in [2.45, 2.75) is 79.2 Å². The lowest BCUT2D eigenvalue weighted by molar-refractivity contribution is 0.0701. The first-order valence-corrected chi connectivity index (χ1v) is 20.4. The molecule has 0 unspecified atom stereocenters. The van der Waals surface area contributed by atoms with E-state index in [4.69, 9.17) is 35.4 Å². The van der Waals surface area contributed by atoms with E-state index in [1.807, 2.05) is 41.5 Å². The maximum Gasteiger partial charge on any atom is 0.500 e. The highest BCUT2D eigenvalue weighted by Crippen LogP contribution is 2.19. The van der Waals surface area contributed by atoms with E-state index in [0.717, 1.165) is 43.2 Å². The van der Waals surface area contributed by atoms with Gasteiger partial charge in [0.1, 0.15) is 9.52 Å². The summed E-state index contributed by atoms with van der Waals surface area (Å²) in [4.78, 5) is 0. The highest BCUT2D eigenvalue weighted by atomic mass is 28.4. The predicted octanol–water partition coefficient (Wildman–Crippen LogP) is 3.25. The van der Waals surface area contributed by atoms with Crippen LogP contribution in [0.1, 0.15) is 61.3 Å². The SMILES string of the molecule is CCO[Si](CCCNC(NCCC[Si](OCC)(OCC)OCC)[Si]C=C(C)[Si](OC)OC)(OCC)OCC. The maximum atomic E-state index is 6.01. The third kappa shape index (κ3) is 15.9. The van der Waals surface area contributed by atoms with E-state index in [1.165, 1.54) is 0 Å². The number of hydrogen-bond acceptors (Lipinski definition) is 10. The summed E-state index contributed by atoms with van der Waals surface area (Å²) in [5.41, 5.74) is 2.23. The third-order valence-corrected chi connectivity index (χ3v) is 14.8. The molecular formula is C24H55N2O8Si4. The summed E-state index contributed by atoms with van der Waals surface area (Å²) in [6.45, 7) is 19.2. The van der Waals surface area contributed by atoms with Crippen molar-refractivity contribution >= 4 is 36.4 Å². The van der Waals surface area contributed by atoms with Gasteiger partial charge >= 0.3 is 26.9 Å². The zero-order valence-corrected chi connectivity index (χ0v) is 29.4. The fourth-order valence-electron chi connectivity index (χ4n) is 3.97. The van der Waals surface area contributed by atoms with Gasteiger partial charge in [0.2, 0.25) is 0 Å². The Hall–Kier alpha value is 0.208. The van der Waals surface area contributed by atoms with Gasteiger partial charge in [0.05, 0.1) is 0 Å². The highest BCUT2D eigenvalue weighted by molar-refractivity contribution is 6.61. The highest BCUT2D eigenvalue weighted by Gasteiger charge is 2.40. The smallest absolute Gasteiger partial charge is 0.393 e. The first-order valence-electron chi connectivity index (χ1n) is 14.0. The predicted molar refractivity (Wildman–Crippen MR) is 159 cm³/mol. The molecule has 0 spiro atoms. The zero-order chi connectivity index (χ0) is 28.7. The Labute approximate surface area is 239 Å². The minimum absolute atomic E-state index is 0.117. The molecule has 0 aromatic rings. The number of allylic oxidation sites excluding steroid dienone is 1. The maximum absolute atomic E-state index is 6.01. The van der Waals surface area contributed by atoms with Gasteiger partial charge in [-0.15, -0.1) is 0 Å². The Morgan fingerprint density at radius 2 is 1.03 bits per heavy atom. The minimum atomic E-state index is -2.64. The summed E-state index contributed by atoms with van der Waals surface area (Å²) in [6.07, 6.45) is 1.80. The van der Waals surface area contributed by atoms with Gasteiger partial charge in [-0.2, -0.15) is 0 Å². The van der Waals surface area contributed by atoms with E-state index in [-0.39, 0.29) is 5.79 Å². The van der Waals surface area contributed by atoms with Crippen molar-refractivity contribution in [1.82, 2.24) is 10.6 Å². The van der Waals surface area contributed by atoms with E-state index < -0.39 is 26.9 Å². The summed E-state index contributed by atoms with van der Waals surface area (Å²) in [6, 6.07) is 1.57. The molecule has 3 radical (unpaired) electrons. The zero-order valence-electron chi connectivity index (χ0n) is 25.4. The van der Waals surface area contributed by atoms with Crippen LogP contribution in [0.15, 0.2) is 10.9 Å². The lowest BCUT2D eigenvalue weighted by Crippen LogP contribution is -2.50. The van der Waals surface area contributed by atoms with Crippen LogP contribution >= 0.6 is 0 Å². The van der Waals surface area contributed by atoms with Crippen LogP contribution in [-0.2, 0) is 35.4 Å². The van der Waals surface area contributed by atoms with E-state index in [9.17, 15) is 0 Å². The first kappa shape index (κ1) is 38.2. The lowest BCUT2D eigenvalue weighted by atomic mass is 10.4. The average Bonchev–Trinajstić information content (AvgIpc) is 2.88. The molecule has 0 heterocycles. The van der Waals surface area contributed by atoms with Crippen LogP contribution in [0.4, 0.5) is 0 Å². The fraction of sp³-hybridized carbons (Fsp3) is 0.917. The van der Waals surface area contributed by atoms with E-state index in [0.29, 0.717) is 49.2 Å². The molecule has 0 atom stereocenters. The van der Waals surface area contributed by atoms with Crippen LogP contribution < -0.4 is 10.6 Å². The largest absolute Gasteiger partial charge is 0.500 e. The van der Waals surface area contributed by atoms with Crippen LogP contribution in [-0.4, -0.2) is 109 Å². The molecule has 0 saturated carbocycles. The number of rotatable bonds is 27. The van der Waals surface area contributed by atoms with Gasteiger partial charge in [-0.25, -0.2) is 0 Å². The normalized spacial score (nSPS) is 13.3. The van der Waals surface area contributed by atoms with Gasteiger partial charge < -0.3 is 46.0 Å². The van der Waals surface area contributed by atoms with Crippen LogP contribution in [0.5, 0.6) is 0 Å². The topological polar surface area (TPSA) is 97.9 Å². The van der Waals surface area contributed by atoms with E-state index >= 15 is 0 Å². The summed E-state index contributed by atoms with van der Waals surface area (Å²) in [5.74, 6) is 0.117. The molecule has 0 aromatic carbocycles. The van der Waals surface area contributed by atoms with E-state index in [1.54, 1.807) is 14.2 Å². The molecule has 0 aromatic heterocycles. The van der Waals surface area contributed by atoms with Crippen molar-refractivity contribution in [2.24, 2.45) is 0 Å². The summed E-state index contributed by atoms with van der Waals surface area (Å²) < 4.78 is 47.0. The van der Waals surface area contributed by atoms with Gasteiger partial charge in [0.25, 0.3) is 0 Å². The Morgan fingerprint density at radius 1 is 0.684 bits per heavy atom. The Kier molecular flexibility index (Phi) is 24.0. The van der Waals surface area contributed by atoms with E-state index in [2.05, 4.69) is 23.3 Å².